The third kappa shape index (κ3) is 4.40. The van der Waals surface area contributed by atoms with Gasteiger partial charge in [0.1, 0.15) is 17.1 Å². The fourth-order valence-corrected chi connectivity index (χ4v) is 4.86. The smallest absolute Gasteiger partial charge is 0.416 e. The van der Waals surface area contributed by atoms with Crippen LogP contribution in [0.15, 0.2) is 53.1 Å². The monoisotopic (exact) mass is 528 g/mol. The second-order valence-corrected chi connectivity index (χ2v) is 9.77. The minimum Gasteiger partial charge on any atom is -0.496 e. The highest BCUT2D eigenvalue weighted by Gasteiger charge is 2.53. The van der Waals surface area contributed by atoms with E-state index in [9.17, 15) is 18.3 Å². The number of rotatable bonds is 6. The SMILES string of the molecule is COc1cc(-c2nnc3n2CCC[C@@]3(Oc2ccc(C(F)(F)F)cc2)C(C)(C)O)ccc1-c1cnc(C)o1. The Bertz CT molecular complexity index is 1450. The van der Waals surface area contributed by atoms with E-state index in [4.69, 9.17) is 13.9 Å². The summed E-state index contributed by atoms with van der Waals surface area (Å²) in [7, 11) is 1.56. The number of hydrogen-bond acceptors (Lipinski definition) is 7. The Hall–Kier alpha value is -3.86. The van der Waals surface area contributed by atoms with Crippen molar-refractivity contribution >= 4 is 0 Å². The van der Waals surface area contributed by atoms with Gasteiger partial charge in [0.15, 0.2) is 28.9 Å². The van der Waals surface area contributed by atoms with E-state index in [0.29, 0.717) is 48.4 Å². The van der Waals surface area contributed by atoms with Gasteiger partial charge in [-0.15, -0.1) is 10.2 Å². The van der Waals surface area contributed by atoms with Crippen molar-refractivity contribution in [1.82, 2.24) is 19.7 Å². The number of oxazole rings is 1. The van der Waals surface area contributed by atoms with Crippen molar-refractivity contribution in [2.24, 2.45) is 0 Å². The zero-order chi connectivity index (χ0) is 27.3. The highest BCUT2D eigenvalue weighted by molar-refractivity contribution is 5.71. The third-order valence-electron chi connectivity index (χ3n) is 6.83. The summed E-state index contributed by atoms with van der Waals surface area (Å²) in [4.78, 5) is 4.15. The summed E-state index contributed by atoms with van der Waals surface area (Å²) in [6, 6.07) is 9.95. The fourth-order valence-electron chi connectivity index (χ4n) is 4.86. The van der Waals surface area contributed by atoms with Gasteiger partial charge in [0.25, 0.3) is 0 Å². The van der Waals surface area contributed by atoms with Crippen molar-refractivity contribution in [2.75, 3.05) is 7.11 Å². The Kier molecular flexibility index (Phi) is 6.21. The normalized spacial score (nSPS) is 17.8. The molecule has 200 valence electrons. The summed E-state index contributed by atoms with van der Waals surface area (Å²) >= 11 is 0. The zero-order valence-electron chi connectivity index (χ0n) is 21.3. The van der Waals surface area contributed by atoms with Gasteiger partial charge in [0, 0.05) is 19.0 Å². The number of benzene rings is 2. The number of ether oxygens (including phenoxy) is 2. The number of aliphatic hydroxyl groups is 1. The predicted molar refractivity (Wildman–Crippen MR) is 132 cm³/mol. The molecular weight excluding hydrogens is 501 g/mol. The van der Waals surface area contributed by atoms with Crippen LogP contribution in [0.3, 0.4) is 0 Å². The average molecular weight is 529 g/mol. The van der Waals surface area contributed by atoms with Crippen molar-refractivity contribution < 1.29 is 32.2 Å². The Morgan fingerprint density at radius 3 is 2.42 bits per heavy atom. The van der Waals surface area contributed by atoms with E-state index in [0.717, 1.165) is 23.3 Å². The second-order valence-electron chi connectivity index (χ2n) is 9.77. The fraction of sp³-hybridized carbons (Fsp3) is 0.370. The van der Waals surface area contributed by atoms with Crippen molar-refractivity contribution in [3.63, 3.8) is 0 Å². The Balaban J connectivity index is 1.55. The van der Waals surface area contributed by atoms with Gasteiger partial charge in [-0.25, -0.2) is 4.98 Å². The van der Waals surface area contributed by atoms with Gasteiger partial charge in [-0.3, -0.25) is 0 Å². The molecule has 11 heteroatoms. The molecule has 1 aliphatic heterocycles. The summed E-state index contributed by atoms with van der Waals surface area (Å²) in [5.74, 6) is 2.78. The molecule has 3 heterocycles. The molecule has 4 aromatic rings. The first-order chi connectivity index (χ1) is 17.9. The van der Waals surface area contributed by atoms with Crippen LogP contribution in [0.1, 0.15) is 44.0 Å². The van der Waals surface area contributed by atoms with Crippen molar-refractivity contribution in [3.8, 4) is 34.2 Å². The minimum absolute atomic E-state index is 0.187. The van der Waals surface area contributed by atoms with E-state index in [1.54, 1.807) is 34.1 Å². The number of alkyl halides is 3. The first-order valence-electron chi connectivity index (χ1n) is 12.1. The lowest BCUT2D eigenvalue weighted by Gasteiger charge is -2.44. The molecule has 5 rings (SSSR count). The second kappa shape index (κ2) is 9.16. The van der Waals surface area contributed by atoms with Crippen molar-refractivity contribution in [1.29, 1.82) is 0 Å². The summed E-state index contributed by atoms with van der Waals surface area (Å²) in [5, 5.41) is 20.1. The molecule has 2 aromatic carbocycles. The zero-order valence-corrected chi connectivity index (χ0v) is 21.3. The average Bonchev–Trinajstić information content (AvgIpc) is 3.50. The van der Waals surface area contributed by atoms with Crippen LogP contribution in [0.4, 0.5) is 13.2 Å². The molecule has 0 bridgehead atoms. The molecule has 0 aliphatic carbocycles. The highest BCUT2D eigenvalue weighted by atomic mass is 19.4. The van der Waals surface area contributed by atoms with Gasteiger partial charge in [-0.2, -0.15) is 13.2 Å². The minimum atomic E-state index is -4.46. The molecule has 2 aromatic heterocycles. The van der Waals surface area contributed by atoms with Gasteiger partial charge >= 0.3 is 6.18 Å². The first kappa shape index (κ1) is 25.8. The number of halogens is 3. The topological polar surface area (TPSA) is 95.4 Å². The lowest BCUT2D eigenvalue weighted by atomic mass is 9.79. The molecule has 0 unspecified atom stereocenters. The van der Waals surface area contributed by atoms with Crippen LogP contribution in [0.25, 0.3) is 22.7 Å². The summed E-state index contributed by atoms with van der Waals surface area (Å²) in [5.41, 5.74) is -2.12. The number of methoxy groups -OCH3 is 1. The van der Waals surface area contributed by atoms with Crippen LogP contribution in [0.2, 0.25) is 0 Å². The van der Waals surface area contributed by atoms with E-state index in [1.807, 2.05) is 22.8 Å². The molecule has 0 fully saturated rings. The Morgan fingerprint density at radius 1 is 1.08 bits per heavy atom. The lowest BCUT2D eigenvalue weighted by Crippen LogP contribution is -2.55. The molecule has 0 spiro atoms. The third-order valence-corrected chi connectivity index (χ3v) is 6.83. The molecule has 0 radical (unpaired) electrons. The molecular formula is C27H27F3N4O4. The number of fused-ring (bicyclic) bond motifs is 1. The van der Waals surface area contributed by atoms with Crippen molar-refractivity contribution in [3.05, 3.63) is 65.9 Å². The van der Waals surface area contributed by atoms with E-state index >= 15 is 0 Å². The standard InChI is InChI=1S/C27H27F3N4O4/c1-16-31-15-22(37-16)20-11-6-17(14-21(20)36-4)23-32-33-24-26(25(2,3)35,12-5-13-34(23)24)38-19-9-7-18(8-10-19)27(28,29)30/h6-11,14-15,35H,5,12-13H2,1-4H3/t26-/m0/s1. The van der Waals surface area contributed by atoms with Crippen LogP contribution in [-0.4, -0.2) is 37.6 Å². The summed E-state index contributed by atoms with van der Waals surface area (Å²) in [6.45, 7) is 5.52. The van der Waals surface area contributed by atoms with Crippen LogP contribution >= 0.6 is 0 Å². The van der Waals surface area contributed by atoms with Crippen LogP contribution in [0, 0.1) is 6.92 Å². The van der Waals surface area contributed by atoms with E-state index < -0.39 is 22.9 Å². The van der Waals surface area contributed by atoms with E-state index in [2.05, 4.69) is 15.2 Å². The van der Waals surface area contributed by atoms with E-state index in [-0.39, 0.29) is 5.75 Å². The van der Waals surface area contributed by atoms with Crippen LogP contribution in [-0.2, 0) is 18.3 Å². The summed E-state index contributed by atoms with van der Waals surface area (Å²) in [6.07, 6.45) is -1.82. The predicted octanol–water partition coefficient (Wildman–Crippen LogP) is 5.77. The molecule has 38 heavy (non-hydrogen) atoms. The largest absolute Gasteiger partial charge is 0.496 e. The van der Waals surface area contributed by atoms with Gasteiger partial charge in [0.05, 0.1) is 24.4 Å². The van der Waals surface area contributed by atoms with Crippen molar-refractivity contribution in [2.45, 2.75) is 57.5 Å². The molecule has 1 atom stereocenters. The van der Waals surface area contributed by atoms with Gasteiger partial charge in [0.2, 0.25) is 0 Å². The number of aryl methyl sites for hydroxylation is 1. The first-order valence-corrected chi connectivity index (χ1v) is 12.1. The Labute approximate surface area is 217 Å². The highest BCUT2D eigenvalue weighted by Crippen LogP contribution is 2.45. The molecule has 0 saturated heterocycles. The quantitative estimate of drug-likeness (QED) is 0.339. The maximum Gasteiger partial charge on any atom is 0.416 e. The number of aromatic nitrogens is 4. The maximum atomic E-state index is 13.1. The molecule has 1 aliphatic rings. The lowest BCUT2D eigenvalue weighted by molar-refractivity contribution is -0.139. The summed E-state index contributed by atoms with van der Waals surface area (Å²) < 4.78 is 58.6. The van der Waals surface area contributed by atoms with Gasteiger partial charge in [-0.1, -0.05) is 6.07 Å². The number of nitrogens with zero attached hydrogens (tertiary/aromatic N) is 4. The molecule has 0 amide bonds. The maximum absolute atomic E-state index is 13.1. The Morgan fingerprint density at radius 2 is 1.82 bits per heavy atom. The number of hydrogen-bond donors (Lipinski definition) is 1. The van der Waals surface area contributed by atoms with Gasteiger partial charge in [-0.05, 0) is 63.1 Å². The molecule has 8 nitrogen and oxygen atoms in total. The van der Waals surface area contributed by atoms with E-state index in [1.165, 1.54) is 12.1 Å². The molecule has 0 saturated carbocycles. The van der Waals surface area contributed by atoms with Gasteiger partial charge < -0.3 is 23.6 Å². The molecule has 1 N–H and O–H groups in total. The van der Waals surface area contributed by atoms with Crippen LogP contribution < -0.4 is 9.47 Å². The van der Waals surface area contributed by atoms with Crippen LogP contribution in [0.5, 0.6) is 11.5 Å².